The minimum Gasteiger partial charge on any atom is -0.497 e. The number of carbonyl (C=O) groups excluding carboxylic acids is 4. The molecular weight excluding hydrogens is 829 g/mol. The Morgan fingerprint density at radius 2 is 1.80 bits per heavy atom. The highest BCUT2D eigenvalue weighted by atomic mass is 32.2. The van der Waals surface area contributed by atoms with Crippen LogP contribution in [0.3, 0.4) is 0 Å². The molecular formula is C41H48F4N6O9S. The molecule has 2 bridgehead atoms. The van der Waals surface area contributed by atoms with Gasteiger partial charge in [-0.1, -0.05) is 39.0 Å². The van der Waals surface area contributed by atoms with E-state index in [1.165, 1.54) is 19.2 Å². The van der Waals surface area contributed by atoms with E-state index in [4.69, 9.17) is 14.2 Å². The number of alkyl carbamates (subject to hydrolysis) is 1. The number of carbonyl (C=O) groups is 4. The van der Waals surface area contributed by atoms with Crippen molar-refractivity contribution in [3.8, 4) is 23.5 Å². The van der Waals surface area contributed by atoms with E-state index < -0.39 is 130 Å². The Morgan fingerprint density at radius 3 is 2.44 bits per heavy atom. The molecule has 4 amide bonds. The van der Waals surface area contributed by atoms with Gasteiger partial charge < -0.3 is 29.7 Å². The number of fused-ring (bicyclic) bond motifs is 7. The molecule has 8 rings (SSSR count). The van der Waals surface area contributed by atoms with Gasteiger partial charge in [0.25, 0.3) is 11.8 Å². The molecule has 9 atom stereocenters. The smallest absolute Gasteiger partial charge is 0.408 e. The molecule has 6 aliphatic rings. The monoisotopic (exact) mass is 876 g/mol. The summed E-state index contributed by atoms with van der Waals surface area (Å²) >= 11 is 0. The summed E-state index contributed by atoms with van der Waals surface area (Å²) in [5, 5.41) is 4.16. The maximum absolute atomic E-state index is 16.4. The van der Waals surface area contributed by atoms with Crippen LogP contribution in [0.1, 0.15) is 84.3 Å². The van der Waals surface area contributed by atoms with Crippen molar-refractivity contribution >= 4 is 44.9 Å². The molecule has 1 aromatic carbocycles. The molecule has 1 aromatic heterocycles. The maximum atomic E-state index is 16.4. The highest BCUT2D eigenvalue weighted by molar-refractivity contribution is 7.91. The van der Waals surface area contributed by atoms with Gasteiger partial charge >= 0.3 is 6.09 Å². The molecule has 3 N–H and O–H groups in total. The summed E-state index contributed by atoms with van der Waals surface area (Å²) in [6, 6.07) is 1.55. The minimum absolute atomic E-state index is 0.0271. The van der Waals surface area contributed by atoms with Crippen molar-refractivity contribution in [1.29, 1.82) is 0 Å². The molecule has 20 heteroatoms. The SMILES string of the molecule is COc1ccc2nc3c(nc2c1)OC1CC(C(=O)NC2(C(=O)NS(=O)(=O)C4CC4)CC2C(F)F)N(C1)C(=O)C(C(C)(C)C)NC(=O)OC1CC2C#CC2C1CCCCC3(F)F. The lowest BCUT2D eigenvalue weighted by Gasteiger charge is -2.35. The summed E-state index contributed by atoms with van der Waals surface area (Å²) in [5.74, 6) is -2.94. The lowest BCUT2D eigenvalue weighted by Crippen LogP contribution is -2.60. The Balaban J connectivity index is 1.16. The zero-order valence-electron chi connectivity index (χ0n) is 34.0. The van der Waals surface area contributed by atoms with Crippen molar-refractivity contribution in [2.75, 3.05) is 13.7 Å². The molecule has 330 valence electrons. The molecule has 0 spiro atoms. The van der Waals surface area contributed by atoms with Crippen LogP contribution in [0.15, 0.2) is 18.2 Å². The van der Waals surface area contributed by atoms with E-state index in [0.717, 1.165) is 4.90 Å². The molecule has 3 saturated carbocycles. The molecule has 1 saturated heterocycles. The van der Waals surface area contributed by atoms with E-state index >= 15 is 8.78 Å². The first kappa shape index (κ1) is 42.7. The van der Waals surface area contributed by atoms with Gasteiger partial charge in [-0.25, -0.2) is 32.0 Å². The molecule has 4 fully saturated rings. The van der Waals surface area contributed by atoms with E-state index in [0.29, 0.717) is 25.0 Å². The summed E-state index contributed by atoms with van der Waals surface area (Å²) < 4.78 is 106. The van der Waals surface area contributed by atoms with Crippen molar-refractivity contribution in [2.24, 2.45) is 29.1 Å². The second-order valence-corrected chi connectivity index (χ2v) is 20.1. The number of benzene rings is 1. The van der Waals surface area contributed by atoms with Gasteiger partial charge in [-0.05, 0) is 56.1 Å². The van der Waals surface area contributed by atoms with E-state index in [2.05, 4.69) is 32.4 Å². The fourth-order valence-electron chi connectivity index (χ4n) is 9.05. The minimum atomic E-state index is -4.21. The summed E-state index contributed by atoms with van der Waals surface area (Å²) in [7, 11) is -2.80. The van der Waals surface area contributed by atoms with E-state index in [1.807, 2.05) is 4.72 Å². The highest BCUT2D eigenvalue weighted by Crippen LogP contribution is 2.49. The molecule has 2 aromatic rings. The predicted molar refractivity (Wildman–Crippen MR) is 208 cm³/mol. The van der Waals surface area contributed by atoms with Gasteiger partial charge in [0.2, 0.25) is 34.1 Å². The quantitative estimate of drug-likeness (QED) is 0.267. The average molecular weight is 877 g/mol. The second-order valence-electron chi connectivity index (χ2n) is 18.2. The molecule has 0 radical (unpaired) electrons. The second kappa shape index (κ2) is 15.5. The lowest BCUT2D eigenvalue weighted by molar-refractivity contribution is -0.143. The van der Waals surface area contributed by atoms with Gasteiger partial charge in [-0.15, -0.1) is 0 Å². The summed E-state index contributed by atoms with van der Waals surface area (Å²) in [6.07, 6.45) is -5.70. The van der Waals surface area contributed by atoms with E-state index in [-0.39, 0.29) is 48.0 Å². The molecule has 2 aliphatic heterocycles. The number of methoxy groups -OCH3 is 1. The Morgan fingerprint density at radius 1 is 1.05 bits per heavy atom. The van der Waals surface area contributed by atoms with Gasteiger partial charge in [-0.3, -0.25) is 19.1 Å². The van der Waals surface area contributed by atoms with Crippen LogP contribution in [0, 0.1) is 40.9 Å². The van der Waals surface area contributed by atoms with Crippen molar-refractivity contribution in [3.63, 3.8) is 0 Å². The van der Waals surface area contributed by atoms with Gasteiger partial charge in [0, 0.05) is 36.7 Å². The zero-order chi connectivity index (χ0) is 43.8. The first-order chi connectivity index (χ1) is 28.7. The van der Waals surface area contributed by atoms with Gasteiger partial charge in [-0.2, -0.15) is 8.78 Å². The molecule has 4 aliphatic carbocycles. The van der Waals surface area contributed by atoms with Crippen molar-refractivity contribution < 1.29 is 59.4 Å². The summed E-state index contributed by atoms with van der Waals surface area (Å²) in [5.41, 5.74) is -3.86. The highest BCUT2D eigenvalue weighted by Gasteiger charge is 2.67. The van der Waals surface area contributed by atoms with Gasteiger partial charge in [0.05, 0.1) is 35.9 Å². The number of amides is 4. The van der Waals surface area contributed by atoms with Crippen LogP contribution >= 0.6 is 0 Å². The van der Waals surface area contributed by atoms with Crippen molar-refractivity contribution in [3.05, 3.63) is 23.9 Å². The first-order valence-electron chi connectivity index (χ1n) is 20.6. The third-order valence-corrected chi connectivity index (χ3v) is 14.6. The van der Waals surface area contributed by atoms with Crippen LogP contribution in [-0.2, 0) is 35.1 Å². The van der Waals surface area contributed by atoms with E-state index in [1.54, 1.807) is 26.8 Å². The summed E-state index contributed by atoms with van der Waals surface area (Å²) in [6.45, 7) is 4.55. The Hall–Kier alpha value is -4.93. The largest absolute Gasteiger partial charge is 0.497 e. The lowest BCUT2D eigenvalue weighted by atomic mass is 9.81. The van der Waals surface area contributed by atoms with Gasteiger partial charge in [0.1, 0.15) is 35.6 Å². The van der Waals surface area contributed by atoms with Crippen LogP contribution < -0.4 is 24.8 Å². The van der Waals surface area contributed by atoms with Crippen LogP contribution in [-0.4, -0.2) is 102 Å². The van der Waals surface area contributed by atoms with E-state index in [9.17, 15) is 36.4 Å². The normalized spacial score (nSPS) is 32.2. The molecule has 61 heavy (non-hydrogen) atoms. The number of hydrogen-bond donors (Lipinski definition) is 3. The number of halogens is 4. The van der Waals surface area contributed by atoms with Crippen molar-refractivity contribution in [2.45, 2.75) is 126 Å². The fourth-order valence-corrected chi connectivity index (χ4v) is 10.4. The third-order valence-electron chi connectivity index (χ3n) is 12.8. The molecule has 15 nitrogen and oxygen atoms in total. The topological polar surface area (TPSA) is 195 Å². The number of sulfonamides is 1. The number of hydrogen-bond acceptors (Lipinski definition) is 11. The predicted octanol–water partition coefficient (Wildman–Crippen LogP) is 4.18. The number of rotatable bonds is 7. The van der Waals surface area contributed by atoms with Gasteiger partial charge in [0.15, 0.2) is 5.69 Å². The molecule has 3 heterocycles. The zero-order valence-corrected chi connectivity index (χ0v) is 34.8. The Bertz CT molecular complexity index is 2310. The number of nitrogens with one attached hydrogen (secondary N) is 3. The maximum Gasteiger partial charge on any atom is 0.408 e. The van der Waals surface area contributed by atoms with Crippen LogP contribution in [0.5, 0.6) is 11.6 Å². The molecule has 9 unspecified atom stereocenters. The number of ether oxygens (including phenoxy) is 3. The third kappa shape index (κ3) is 8.26. The Kier molecular flexibility index (Phi) is 10.8. The Labute approximate surface area is 349 Å². The number of aromatic nitrogens is 2. The first-order valence-corrected chi connectivity index (χ1v) is 22.1. The van der Waals surface area contributed by atoms with Crippen LogP contribution in [0.4, 0.5) is 22.4 Å². The number of alkyl halides is 4. The summed E-state index contributed by atoms with van der Waals surface area (Å²) in [4.78, 5) is 66.0. The number of nitrogens with zero attached hydrogens (tertiary/aromatic N) is 3. The fraction of sp³-hybridized carbons (Fsp3) is 0.659. The van der Waals surface area contributed by atoms with Crippen molar-refractivity contribution in [1.82, 2.24) is 30.2 Å². The average Bonchev–Trinajstić information content (AvgIpc) is 4.10. The standard InChI is InChI=1S/C41H48F4N6O9S/c1-39(2,3)32-36(53)51-19-22(17-29(51)34(52)49-40(18-26(40)33(42)43)37(54)50-61(56,57)23-10-11-23)59-35-31(46-27-13-9-21(58-4)16-28(27)47-35)41(44,45)14-6-5-7-25-24-12-8-20(24)15-30(25)60-38(55)48-32/h9,13,16,20,22-26,29-30,32-33H,5-7,10-11,14-15,17-19H2,1-4H3,(H,48,55)(H,49,52)(H,50,54). The van der Waals surface area contributed by atoms with Crippen LogP contribution in [0.25, 0.3) is 11.0 Å². The van der Waals surface area contributed by atoms with Crippen LogP contribution in [0.2, 0.25) is 0 Å².